The molecule has 0 amide bonds. The van der Waals surface area contributed by atoms with Crippen LogP contribution in [0.1, 0.15) is 43.9 Å². The molecule has 2 aromatic rings. The molecule has 0 atom stereocenters. The van der Waals surface area contributed by atoms with E-state index in [1.807, 2.05) is 10.9 Å². The van der Waals surface area contributed by atoms with Crippen molar-refractivity contribution in [2.45, 2.75) is 51.6 Å². The van der Waals surface area contributed by atoms with Gasteiger partial charge in [0, 0.05) is 18.8 Å². The first kappa shape index (κ1) is 13.4. The zero-order chi connectivity index (χ0) is 13.8. The van der Waals surface area contributed by atoms with Crippen molar-refractivity contribution in [2.75, 3.05) is 0 Å². The lowest BCUT2D eigenvalue weighted by Crippen LogP contribution is -2.15. The summed E-state index contributed by atoms with van der Waals surface area (Å²) in [6.45, 7) is 3.11. The zero-order valence-corrected chi connectivity index (χ0v) is 12.2. The molecule has 0 aliphatic heterocycles. The number of nitrogens with zero attached hydrogens (tertiary/aromatic N) is 2. The predicted octanol–water partition coefficient (Wildman–Crippen LogP) is 3.47. The molecule has 0 saturated heterocycles. The van der Waals surface area contributed by atoms with Crippen molar-refractivity contribution < 1.29 is 0 Å². The highest BCUT2D eigenvalue weighted by Gasteiger charge is 2.20. The third-order valence-corrected chi connectivity index (χ3v) is 3.81. The smallest absolute Gasteiger partial charge is 0.0766 e. The molecule has 0 spiro atoms. The van der Waals surface area contributed by atoms with Crippen LogP contribution in [0.2, 0.25) is 0 Å². The number of unbranched alkanes of at least 4 members (excludes halogenated alkanes) is 1. The van der Waals surface area contributed by atoms with Crippen LogP contribution in [0.25, 0.3) is 5.69 Å². The Morgan fingerprint density at radius 3 is 2.70 bits per heavy atom. The average molecular weight is 269 g/mol. The second-order valence-corrected chi connectivity index (χ2v) is 5.68. The van der Waals surface area contributed by atoms with E-state index in [0.717, 1.165) is 24.0 Å². The van der Waals surface area contributed by atoms with E-state index < -0.39 is 0 Å². The van der Waals surface area contributed by atoms with Gasteiger partial charge in [-0.25, -0.2) is 4.68 Å². The molecule has 1 aliphatic rings. The summed E-state index contributed by atoms with van der Waals surface area (Å²) < 4.78 is 1.97. The molecule has 1 heterocycles. The Kier molecular flexibility index (Phi) is 4.16. The van der Waals surface area contributed by atoms with Crippen molar-refractivity contribution in [2.24, 2.45) is 0 Å². The summed E-state index contributed by atoms with van der Waals surface area (Å²) in [6, 6.07) is 11.6. The molecule has 1 aromatic carbocycles. The molecule has 1 saturated carbocycles. The lowest BCUT2D eigenvalue weighted by molar-refractivity contribution is 0.665. The van der Waals surface area contributed by atoms with Gasteiger partial charge in [0.05, 0.1) is 11.4 Å². The van der Waals surface area contributed by atoms with Crippen LogP contribution in [-0.4, -0.2) is 15.8 Å². The first-order valence-electron chi connectivity index (χ1n) is 7.72. The quantitative estimate of drug-likeness (QED) is 0.834. The average Bonchev–Trinajstić information content (AvgIpc) is 3.20. The summed E-state index contributed by atoms with van der Waals surface area (Å²) in [5.41, 5.74) is 3.67. The van der Waals surface area contributed by atoms with Crippen LogP contribution >= 0.6 is 0 Å². The minimum Gasteiger partial charge on any atom is -0.308 e. The first-order valence-corrected chi connectivity index (χ1v) is 7.72. The van der Waals surface area contributed by atoms with Crippen molar-refractivity contribution in [3.63, 3.8) is 0 Å². The lowest BCUT2D eigenvalue weighted by atomic mass is 10.1. The van der Waals surface area contributed by atoms with Gasteiger partial charge >= 0.3 is 0 Å². The van der Waals surface area contributed by atoms with Crippen LogP contribution in [0.5, 0.6) is 0 Å². The van der Waals surface area contributed by atoms with Gasteiger partial charge in [0.25, 0.3) is 0 Å². The van der Waals surface area contributed by atoms with Gasteiger partial charge in [-0.15, -0.1) is 0 Å². The summed E-state index contributed by atoms with van der Waals surface area (Å²) in [6.07, 6.45) is 8.37. The van der Waals surface area contributed by atoms with Crippen LogP contribution in [0.3, 0.4) is 0 Å². The Labute approximate surface area is 121 Å². The monoisotopic (exact) mass is 269 g/mol. The van der Waals surface area contributed by atoms with Gasteiger partial charge in [0.2, 0.25) is 0 Å². The number of nitrogens with one attached hydrogen (secondary N) is 1. The molecule has 1 aliphatic carbocycles. The highest BCUT2D eigenvalue weighted by Crippen LogP contribution is 2.19. The normalized spacial score (nSPS) is 14.7. The van der Waals surface area contributed by atoms with E-state index in [9.17, 15) is 0 Å². The predicted molar refractivity (Wildman–Crippen MR) is 82.0 cm³/mol. The zero-order valence-electron chi connectivity index (χ0n) is 12.2. The Morgan fingerprint density at radius 2 is 2.00 bits per heavy atom. The van der Waals surface area contributed by atoms with Gasteiger partial charge in [-0.1, -0.05) is 25.5 Å². The molecule has 1 aromatic heterocycles. The summed E-state index contributed by atoms with van der Waals surface area (Å²) in [4.78, 5) is 0. The largest absolute Gasteiger partial charge is 0.308 e. The maximum atomic E-state index is 4.63. The van der Waals surface area contributed by atoms with Crippen molar-refractivity contribution in [1.82, 2.24) is 15.1 Å². The highest BCUT2D eigenvalue weighted by atomic mass is 15.3. The number of aromatic nitrogens is 2. The molecule has 3 rings (SSSR count). The van der Waals surface area contributed by atoms with Gasteiger partial charge in [-0.3, -0.25) is 0 Å². The maximum Gasteiger partial charge on any atom is 0.0766 e. The second-order valence-electron chi connectivity index (χ2n) is 5.68. The third kappa shape index (κ3) is 3.48. The highest BCUT2D eigenvalue weighted by molar-refractivity contribution is 5.34. The minimum atomic E-state index is 0.734. The van der Waals surface area contributed by atoms with E-state index in [2.05, 4.69) is 47.7 Å². The van der Waals surface area contributed by atoms with Gasteiger partial charge < -0.3 is 5.32 Å². The Morgan fingerprint density at radius 1 is 1.20 bits per heavy atom. The molecular weight excluding hydrogens is 246 g/mol. The van der Waals surface area contributed by atoms with Crippen molar-refractivity contribution >= 4 is 0 Å². The molecule has 0 unspecified atom stereocenters. The fourth-order valence-corrected chi connectivity index (χ4v) is 2.33. The fraction of sp³-hybridized carbons (Fsp3) is 0.471. The second kappa shape index (κ2) is 6.23. The van der Waals surface area contributed by atoms with Crippen LogP contribution in [0, 0.1) is 0 Å². The number of rotatable bonds is 7. The maximum absolute atomic E-state index is 4.63. The summed E-state index contributed by atoms with van der Waals surface area (Å²) in [7, 11) is 0. The number of aryl methyl sites for hydroxylation is 1. The van der Waals surface area contributed by atoms with Gasteiger partial charge in [0.1, 0.15) is 0 Å². The Balaban J connectivity index is 1.62. The minimum absolute atomic E-state index is 0.734. The topological polar surface area (TPSA) is 29.9 Å². The number of hydrogen-bond acceptors (Lipinski definition) is 2. The summed E-state index contributed by atoms with van der Waals surface area (Å²) >= 11 is 0. The van der Waals surface area contributed by atoms with Gasteiger partial charge in [0.15, 0.2) is 0 Å². The van der Waals surface area contributed by atoms with Gasteiger partial charge in [-0.2, -0.15) is 5.10 Å². The molecule has 106 valence electrons. The summed E-state index contributed by atoms with van der Waals surface area (Å²) in [5.74, 6) is 0. The molecule has 0 radical (unpaired) electrons. The molecule has 0 bridgehead atoms. The van der Waals surface area contributed by atoms with Crippen molar-refractivity contribution in [3.05, 3.63) is 47.8 Å². The van der Waals surface area contributed by atoms with Crippen molar-refractivity contribution in [3.8, 4) is 5.69 Å². The fourth-order valence-electron chi connectivity index (χ4n) is 2.33. The molecular formula is C17H23N3. The van der Waals surface area contributed by atoms with Crippen molar-refractivity contribution in [1.29, 1.82) is 0 Å². The van der Waals surface area contributed by atoms with Crippen LogP contribution in [0.15, 0.2) is 36.5 Å². The molecule has 3 nitrogen and oxygen atoms in total. The number of benzene rings is 1. The third-order valence-electron chi connectivity index (χ3n) is 3.81. The Hall–Kier alpha value is -1.61. The van der Waals surface area contributed by atoms with Gasteiger partial charge in [-0.05, 0) is 49.4 Å². The van der Waals surface area contributed by atoms with E-state index in [1.165, 1.54) is 37.7 Å². The van der Waals surface area contributed by atoms with E-state index in [-0.39, 0.29) is 0 Å². The van der Waals surface area contributed by atoms with Crippen LogP contribution in [0.4, 0.5) is 0 Å². The van der Waals surface area contributed by atoms with E-state index in [0.29, 0.717) is 0 Å². The lowest BCUT2D eigenvalue weighted by Gasteiger charge is -2.04. The Bertz CT molecular complexity index is 538. The molecule has 1 N–H and O–H groups in total. The van der Waals surface area contributed by atoms with E-state index in [1.54, 1.807) is 0 Å². The number of hydrogen-bond donors (Lipinski definition) is 1. The molecule has 1 fully saturated rings. The summed E-state index contributed by atoms with van der Waals surface area (Å²) in [5, 5.41) is 8.12. The van der Waals surface area contributed by atoms with Crippen LogP contribution < -0.4 is 5.32 Å². The molecule has 20 heavy (non-hydrogen) atoms. The first-order chi connectivity index (χ1) is 9.85. The standard InChI is InChI=1S/C17H23N3/c1-2-3-4-14-5-9-17(10-6-14)20-12-11-16(19-20)13-18-15-7-8-15/h5-6,9-12,15,18H,2-4,7-8,13H2,1H3. The molecule has 3 heteroatoms. The van der Waals surface area contributed by atoms with E-state index in [4.69, 9.17) is 0 Å². The van der Waals surface area contributed by atoms with E-state index >= 15 is 0 Å². The van der Waals surface area contributed by atoms with Crippen LogP contribution in [-0.2, 0) is 13.0 Å². The SMILES string of the molecule is CCCCc1ccc(-n2ccc(CNC3CC3)n2)cc1.